The quantitative estimate of drug-likeness (QED) is 0.623. The average Bonchev–Trinajstić information content (AvgIpc) is 3.06. The molecule has 0 bridgehead atoms. The van der Waals surface area contributed by atoms with Gasteiger partial charge in [-0.2, -0.15) is 0 Å². The highest BCUT2D eigenvalue weighted by Gasteiger charge is 2.27. The Balaban J connectivity index is 1.93. The molecule has 0 radical (unpaired) electrons. The van der Waals surface area contributed by atoms with E-state index in [4.69, 9.17) is 0 Å². The zero-order valence-electron chi connectivity index (χ0n) is 10.8. The Labute approximate surface area is 111 Å². The van der Waals surface area contributed by atoms with Gasteiger partial charge in [-0.1, -0.05) is 75.9 Å². The summed E-state index contributed by atoms with van der Waals surface area (Å²) in [5, 5.41) is 1.61. The van der Waals surface area contributed by atoms with Gasteiger partial charge in [-0.05, 0) is 29.0 Å². The van der Waals surface area contributed by atoms with Crippen molar-refractivity contribution in [3.8, 4) is 0 Å². The molecule has 0 fully saturated rings. The smallest absolute Gasteiger partial charge is 0.0270 e. The van der Waals surface area contributed by atoms with Crippen molar-refractivity contribution in [1.29, 1.82) is 0 Å². The highest BCUT2D eigenvalue weighted by molar-refractivity contribution is 7.63. The molecular weight excluding hydrogens is 235 g/mol. The van der Waals surface area contributed by atoms with Crippen molar-refractivity contribution in [1.82, 2.24) is 0 Å². The summed E-state index contributed by atoms with van der Waals surface area (Å²) in [6.07, 6.45) is 15.6. The summed E-state index contributed by atoms with van der Waals surface area (Å²) in [4.78, 5) is 0. The van der Waals surface area contributed by atoms with Crippen LogP contribution in [0.5, 0.6) is 0 Å². The van der Waals surface area contributed by atoms with Crippen LogP contribution in [0.4, 0.5) is 0 Å². The molecule has 0 spiro atoms. The van der Waals surface area contributed by atoms with Gasteiger partial charge >= 0.3 is 0 Å². The fourth-order valence-corrected chi connectivity index (χ4v) is 5.67. The van der Waals surface area contributed by atoms with Crippen LogP contribution < -0.4 is 0 Å². The summed E-state index contributed by atoms with van der Waals surface area (Å²) in [7, 11) is -0.0621. The van der Waals surface area contributed by atoms with E-state index < -0.39 is 0 Å². The maximum atomic E-state index is 2.43. The molecule has 2 atom stereocenters. The molecule has 0 aromatic heterocycles. The van der Waals surface area contributed by atoms with Gasteiger partial charge in [0.1, 0.15) is 0 Å². The summed E-state index contributed by atoms with van der Waals surface area (Å²) in [6.45, 7) is 2.30. The van der Waals surface area contributed by atoms with Crippen molar-refractivity contribution in [3.05, 3.63) is 65.0 Å². The van der Waals surface area contributed by atoms with Crippen molar-refractivity contribution in [2.75, 3.05) is 6.16 Å². The first-order chi connectivity index (χ1) is 8.90. The molecule has 0 saturated carbocycles. The second-order valence-corrected chi connectivity index (χ2v) is 7.35. The third-order valence-corrected chi connectivity index (χ3v) is 6.70. The van der Waals surface area contributed by atoms with E-state index in [0.29, 0.717) is 5.66 Å². The van der Waals surface area contributed by atoms with Gasteiger partial charge in [0.05, 0.1) is 0 Å². The molecule has 0 heterocycles. The van der Waals surface area contributed by atoms with Crippen LogP contribution in [0.1, 0.15) is 36.6 Å². The lowest BCUT2D eigenvalue weighted by Gasteiger charge is -2.24. The van der Waals surface area contributed by atoms with Crippen molar-refractivity contribution in [2.45, 2.75) is 25.4 Å². The third kappa shape index (κ3) is 2.10. The van der Waals surface area contributed by atoms with Crippen LogP contribution in [0.25, 0.3) is 6.08 Å². The average molecular weight is 254 g/mol. The number of rotatable bonds is 4. The second-order valence-electron chi connectivity index (χ2n) is 4.89. The maximum Gasteiger partial charge on any atom is 0.0270 e. The lowest BCUT2D eigenvalue weighted by Crippen LogP contribution is -1.96. The molecule has 2 aliphatic carbocycles. The summed E-state index contributed by atoms with van der Waals surface area (Å²) in [5.74, 6) is 0. The van der Waals surface area contributed by atoms with Crippen LogP contribution in [-0.4, -0.2) is 6.16 Å². The Morgan fingerprint density at radius 1 is 1.22 bits per heavy atom. The third-order valence-electron chi connectivity index (χ3n) is 3.66. The molecule has 2 aliphatic rings. The number of allylic oxidation sites excluding steroid dienone is 5. The van der Waals surface area contributed by atoms with Gasteiger partial charge in [-0.25, -0.2) is 0 Å². The first-order valence-corrected chi connectivity index (χ1v) is 8.40. The zero-order chi connectivity index (χ0) is 12.4. The Morgan fingerprint density at radius 2 is 2.11 bits per heavy atom. The molecule has 0 nitrogen and oxygen atoms in total. The van der Waals surface area contributed by atoms with E-state index in [-0.39, 0.29) is 7.92 Å². The molecule has 1 heteroatoms. The van der Waals surface area contributed by atoms with E-state index >= 15 is 0 Å². The van der Waals surface area contributed by atoms with E-state index in [0.717, 1.165) is 6.42 Å². The number of benzene rings is 1. The summed E-state index contributed by atoms with van der Waals surface area (Å²) < 4.78 is 0. The fraction of sp³-hybridized carbons (Fsp3) is 0.294. The first-order valence-electron chi connectivity index (χ1n) is 6.80. The summed E-state index contributed by atoms with van der Waals surface area (Å²) in [5.41, 5.74) is 3.61. The van der Waals surface area contributed by atoms with Gasteiger partial charge in [0.15, 0.2) is 0 Å². The predicted octanol–water partition coefficient (Wildman–Crippen LogP) is 5.49. The summed E-state index contributed by atoms with van der Waals surface area (Å²) in [6, 6.07) is 8.87. The molecule has 0 amide bonds. The van der Waals surface area contributed by atoms with Gasteiger partial charge in [0.25, 0.3) is 0 Å². The molecule has 2 unspecified atom stereocenters. The van der Waals surface area contributed by atoms with Gasteiger partial charge < -0.3 is 0 Å². The van der Waals surface area contributed by atoms with E-state index in [1.54, 1.807) is 10.9 Å². The largest absolute Gasteiger partial charge is 0.0801 e. The van der Waals surface area contributed by atoms with Crippen molar-refractivity contribution in [2.24, 2.45) is 0 Å². The molecule has 18 heavy (non-hydrogen) atoms. The molecule has 1 aromatic rings. The van der Waals surface area contributed by atoms with Gasteiger partial charge in [0.2, 0.25) is 0 Å². The Bertz CT molecular complexity index is 522. The number of fused-ring (bicyclic) bond motifs is 1. The van der Waals surface area contributed by atoms with Crippen LogP contribution in [0.15, 0.2) is 53.9 Å². The van der Waals surface area contributed by atoms with Crippen LogP contribution >= 0.6 is 7.92 Å². The van der Waals surface area contributed by atoms with Crippen LogP contribution in [0.2, 0.25) is 0 Å². The molecule has 0 aliphatic heterocycles. The molecule has 3 rings (SSSR count). The van der Waals surface area contributed by atoms with E-state index in [9.17, 15) is 0 Å². The van der Waals surface area contributed by atoms with E-state index in [1.165, 1.54) is 18.1 Å². The predicted molar refractivity (Wildman–Crippen MR) is 82.1 cm³/mol. The molecule has 92 valence electrons. The van der Waals surface area contributed by atoms with Crippen molar-refractivity contribution < 1.29 is 0 Å². The topological polar surface area (TPSA) is 0 Å². The van der Waals surface area contributed by atoms with Crippen LogP contribution in [0.3, 0.4) is 0 Å². The molecule has 0 saturated heterocycles. The minimum Gasteiger partial charge on any atom is -0.0801 e. The minimum absolute atomic E-state index is 0.0621. The highest BCUT2D eigenvalue weighted by Crippen LogP contribution is 2.61. The first kappa shape index (κ1) is 11.9. The van der Waals surface area contributed by atoms with Gasteiger partial charge in [-0.15, -0.1) is 0 Å². The Morgan fingerprint density at radius 3 is 2.89 bits per heavy atom. The normalized spacial score (nSPS) is 22.1. The van der Waals surface area contributed by atoms with E-state index in [1.807, 2.05) is 0 Å². The standard InChI is InChI=1S/C17H19P/c1-2-13-18(15-8-4-5-9-15)17-12-11-14-7-3-6-10-16(14)17/h3-4,6-12,17H,2,5,13H2,1H3. The summed E-state index contributed by atoms with van der Waals surface area (Å²) >= 11 is 0. The Kier molecular flexibility index (Phi) is 3.48. The van der Waals surface area contributed by atoms with Gasteiger partial charge in [0, 0.05) is 5.66 Å². The van der Waals surface area contributed by atoms with Gasteiger partial charge in [-0.3, -0.25) is 0 Å². The number of hydrogen-bond donors (Lipinski definition) is 0. The van der Waals surface area contributed by atoms with Crippen LogP contribution in [0, 0.1) is 0 Å². The molecule has 0 N–H and O–H groups in total. The fourth-order valence-electron chi connectivity index (χ4n) is 2.83. The van der Waals surface area contributed by atoms with Crippen LogP contribution in [-0.2, 0) is 0 Å². The monoisotopic (exact) mass is 254 g/mol. The highest BCUT2D eigenvalue weighted by atomic mass is 31.1. The lowest BCUT2D eigenvalue weighted by molar-refractivity contribution is 1.08. The molecular formula is C17H19P. The van der Waals surface area contributed by atoms with E-state index in [2.05, 4.69) is 61.6 Å². The van der Waals surface area contributed by atoms with Crippen molar-refractivity contribution in [3.63, 3.8) is 0 Å². The lowest BCUT2D eigenvalue weighted by atomic mass is 10.1. The maximum absolute atomic E-state index is 2.43. The Hall–Kier alpha value is -1.13. The number of hydrogen-bond acceptors (Lipinski definition) is 0. The SMILES string of the molecule is CCCP(C1=CCC=C1)C1C=Cc2ccccc21. The second kappa shape index (κ2) is 5.24. The minimum atomic E-state index is -0.0621. The van der Waals surface area contributed by atoms with Crippen molar-refractivity contribution >= 4 is 14.0 Å². The zero-order valence-corrected chi connectivity index (χ0v) is 11.7. The molecule has 1 aromatic carbocycles.